The fourth-order valence-corrected chi connectivity index (χ4v) is 2.29. The third kappa shape index (κ3) is 2.25. The predicted octanol–water partition coefficient (Wildman–Crippen LogP) is 3.37. The summed E-state index contributed by atoms with van der Waals surface area (Å²) in [5, 5.41) is 0.966. The van der Waals surface area contributed by atoms with E-state index in [0.29, 0.717) is 22.5 Å². The van der Waals surface area contributed by atoms with E-state index in [1.54, 1.807) is 24.5 Å². The maximum Gasteiger partial charge on any atom is 0.201 e. The second-order valence-corrected chi connectivity index (χ2v) is 4.98. The Morgan fingerprint density at radius 1 is 1.11 bits per heavy atom. The number of fused-ring (bicyclic) bond motifs is 1. The lowest BCUT2D eigenvalue weighted by molar-refractivity contribution is 0.836. The van der Waals surface area contributed by atoms with Gasteiger partial charge in [-0.25, -0.2) is 4.98 Å². The van der Waals surface area contributed by atoms with Gasteiger partial charge in [0.05, 0.1) is 27.6 Å². The highest BCUT2D eigenvalue weighted by atomic mass is 35.5. The normalized spacial score (nSPS) is 11.1. The lowest BCUT2D eigenvalue weighted by Crippen LogP contribution is -2.04. The Labute approximate surface area is 119 Å². The molecule has 6 heteroatoms. The summed E-state index contributed by atoms with van der Waals surface area (Å²) in [6, 6.07) is 7.37. The van der Waals surface area contributed by atoms with Gasteiger partial charge in [0.2, 0.25) is 5.95 Å². The van der Waals surface area contributed by atoms with E-state index in [-0.39, 0.29) is 0 Å². The largest absolute Gasteiger partial charge is 0.369 e. The van der Waals surface area contributed by atoms with E-state index in [1.807, 2.05) is 16.7 Å². The molecule has 0 amide bonds. The Balaban J connectivity index is 2.13. The molecule has 1 aromatic carbocycles. The summed E-state index contributed by atoms with van der Waals surface area (Å²) in [4.78, 5) is 8.28. The average Bonchev–Trinajstić information content (AvgIpc) is 2.68. The highest BCUT2D eigenvalue weighted by Gasteiger charge is 2.11. The Bertz CT molecular complexity index is 737. The van der Waals surface area contributed by atoms with Crippen LogP contribution in [0.15, 0.2) is 36.7 Å². The minimum atomic E-state index is 0.435. The first-order chi connectivity index (χ1) is 9.15. The number of hydrogen-bond donors (Lipinski definition) is 1. The Kier molecular flexibility index (Phi) is 3.05. The monoisotopic (exact) mass is 292 g/mol. The highest BCUT2D eigenvalue weighted by molar-refractivity contribution is 6.42. The maximum absolute atomic E-state index is 6.05. The predicted molar refractivity (Wildman–Crippen MR) is 77.5 cm³/mol. The molecule has 2 N–H and O–H groups in total. The number of halogens is 2. The van der Waals surface area contributed by atoms with Crippen molar-refractivity contribution in [2.45, 2.75) is 6.54 Å². The van der Waals surface area contributed by atoms with E-state index >= 15 is 0 Å². The van der Waals surface area contributed by atoms with Gasteiger partial charge in [-0.1, -0.05) is 23.2 Å². The first kappa shape index (κ1) is 12.3. The van der Waals surface area contributed by atoms with Crippen LogP contribution in [0.1, 0.15) is 5.56 Å². The molecule has 0 fully saturated rings. The van der Waals surface area contributed by atoms with Gasteiger partial charge in [0.1, 0.15) is 0 Å². The van der Waals surface area contributed by atoms with Crippen molar-refractivity contribution in [3.63, 3.8) is 0 Å². The molecule has 0 aliphatic rings. The van der Waals surface area contributed by atoms with Crippen LogP contribution in [0, 0.1) is 0 Å². The zero-order valence-electron chi connectivity index (χ0n) is 9.85. The Hall–Kier alpha value is -1.78. The summed E-state index contributed by atoms with van der Waals surface area (Å²) in [6.45, 7) is 0.614. The minimum Gasteiger partial charge on any atom is -0.369 e. The van der Waals surface area contributed by atoms with Crippen molar-refractivity contribution >= 4 is 40.2 Å². The third-order valence-corrected chi connectivity index (χ3v) is 3.63. The zero-order valence-corrected chi connectivity index (χ0v) is 11.4. The zero-order chi connectivity index (χ0) is 13.4. The molecule has 4 nitrogen and oxygen atoms in total. The van der Waals surface area contributed by atoms with E-state index in [4.69, 9.17) is 28.9 Å². The summed E-state index contributed by atoms with van der Waals surface area (Å²) in [7, 11) is 0. The van der Waals surface area contributed by atoms with Crippen LogP contribution in [0.3, 0.4) is 0 Å². The molecular weight excluding hydrogens is 283 g/mol. The molecule has 0 bridgehead atoms. The van der Waals surface area contributed by atoms with Gasteiger partial charge in [-0.05, 0) is 29.8 Å². The molecule has 0 saturated carbocycles. The smallest absolute Gasteiger partial charge is 0.201 e. The van der Waals surface area contributed by atoms with E-state index in [9.17, 15) is 0 Å². The van der Waals surface area contributed by atoms with Crippen molar-refractivity contribution in [3.8, 4) is 0 Å². The van der Waals surface area contributed by atoms with Crippen molar-refractivity contribution < 1.29 is 0 Å². The molecule has 0 aliphatic carbocycles. The number of benzene rings is 1. The first-order valence-corrected chi connectivity index (χ1v) is 6.40. The van der Waals surface area contributed by atoms with Crippen molar-refractivity contribution in [3.05, 3.63) is 52.3 Å². The van der Waals surface area contributed by atoms with Crippen LogP contribution in [0.5, 0.6) is 0 Å². The van der Waals surface area contributed by atoms with E-state index in [2.05, 4.69) is 9.97 Å². The van der Waals surface area contributed by atoms with Crippen LogP contribution in [0.25, 0.3) is 11.0 Å². The molecule has 0 saturated heterocycles. The van der Waals surface area contributed by atoms with Gasteiger partial charge < -0.3 is 10.3 Å². The number of imidazole rings is 1. The number of aromatic nitrogens is 3. The lowest BCUT2D eigenvalue weighted by atomic mass is 10.2. The van der Waals surface area contributed by atoms with Crippen LogP contribution in [-0.2, 0) is 6.54 Å². The van der Waals surface area contributed by atoms with Crippen molar-refractivity contribution in [2.24, 2.45) is 0 Å². The number of hydrogen-bond acceptors (Lipinski definition) is 3. The van der Waals surface area contributed by atoms with E-state index in [1.165, 1.54) is 0 Å². The molecule has 0 radical (unpaired) electrons. The molecule has 19 heavy (non-hydrogen) atoms. The summed E-state index contributed by atoms with van der Waals surface area (Å²) in [5.41, 5.74) is 8.64. The molecule has 2 aromatic heterocycles. The van der Waals surface area contributed by atoms with Crippen LogP contribution in [0.2, 0.25) is 10.0 Å². The Morgan fingerprint density at radius 2 is 1.79 bits per heavy atom. The number of nitrogen functional groups attached to an aromatic ring is 1. The molecule has 0 aliphatic heterocycles. The third-order valence-electron chi connectivity index (χ3n) is 2.91. The average molecular weight is 293 g/mol. The lowest BCUT2D eigenvalue weighted by Gasteiger charge is -2.06. The molecular formula is C13H10Cl2N4. The quantitative estimate of drug-likeness (QED) is 0.788. The highest BCUT2D eigenvalue weighted by Crippen LogP contribution is 2.29. The SMILES string of the molecule is Nc1nc2cc(Cl)c(Cl)cc2n1Cc1ccncc1. The van der Waals surface area contributed by atoms with Crippen LogP contribution in [-0.4, -0.2) is 14.5 Å². The van der Waals surface area contributed by atoms with Crippen LogP contribution < -0.4 is 5.73 Å². The molecule has 96 valence electrons. The molecule has 3 rings (SSSR count). The first-order valence-electron chi connectivity index (χ1n) is 5.65. The van der Waals surface area contributed by atoms with Gasteiger partial charge in [-0.3, -0.25) is 4.98 Å². The summed E-state index contributed by atoms with van der Waals surface area (Å²) < 4.78 is 1.90. The topological polar surface area (TPSA) is 56.7 Å². The van der Waals surface area contributed by atoms with Crippen LogP contribution in [0.4, 0.5) is 5.95 Å². The van der Waals surface area contributed by atoms with Gasteiger partial charge in [-0.2, -0.15) is 0 Å². The summed E-state index contributed by atoms with van der Waals surface area (Å²) in [6.07, 6.45) is 3.49. The standard InChI is InChI=1S/C13H10Cl2N4/c14-9-5-11-12(6-10(9)15)19(13(16)18-11)7-8-1-3-17-4-2-8/h1-6H,7H2,(H2,16,18). The van der Waals surface area contributed by atoms with E-state index < -0.39 is 0 Å². The molecule has 0 spiro atoms. The summed E-state index contributed by atoms with van der Waals surface area (Å²) >= 11 is 12.0. The van der Waals surface area contributed by atoms with Gasteiger partial charge in [0.15, 0.2) is 0 Å². The van der Waals surface area contributed by atoms with Gasteiger partial charge >= 0.3 is 0 Å². The molecule has 0 atom stereocenters. The number of nitrogens with two attached hydrogens (primary N) is 1. The fourth-order valence-electron chi connectivity index (χ4n) is 1.98. The number of nitrogens with zero attached hydrogens (tertiary/aromatic N) is 3. The van der Waals surface area contributed by atoms with Crippen molar-refractivity contribution in [1.82, 2.24) is 14.5 Å². The number of anilines is 1. The van der Waals surface area contributed by atoms with Gasteiger partial charge in [0, 0.05) is 12.4 Å². The molecule has 0 unspecified atom stereocenters. The Morgan fingerprint density at radius 3 is 2.53 bits per heavy atom. The van der Waals surface area contributed by atoms with Crippen LogP contribution >= 0.6 is 23.2 Å². The maximum atomic E-state index is 6.05. The number of rotatable bonds is 2. The molecule has 3 aromatic rings. The van der Waals surface area contributed by atoms with Gasteiger partial charge in [-0.15, -0.1) is 0 Å². The minimum absolute atomic E-state index is 0.435. The number of pyridine rings is 1. The van der Waals surface area contributed by atoms with Crippen molar-refractivity contribution in [2.75, 3.05) is 5.73 Å². The summed E-state index contributed by atoms with van der Waals surface area (Å²) in [5.74, 6) is 0.435. The second kappa shape index (κ2) is 4.72. The fraction of sp³-hybridized carbons (Fsp3) is 0.0769. The van der Waals surface area contributed by atoms with Gasteiger partial charge in [0.25, 0.3) is 0 Å². The molecule has 2 heterocycles. The van der Waals surface area contributed by atoms with E-state index in [0.717, 1.165) is 16.6 Å². The van der Waals surface area contributed by atoms with Crippen molar-refractivity contribution in [1.29, 1.82) is 0 Å². The second-order valence-electron chi connectivity index (χ2n) is 4.17.